The summed E-state index contributed by atoms with van der Waals surface area (Å²) in [5, 5.41) is 0.141. The molecule has 0 aliphatic rings. The summed E-state index contributed by atoms with van der Waals surface area (Å²) in [6, 6.07) is 2.09. The topological polar surface area (TPSA) is 26.0 Å². The van der Waals surface area contributed by atoms with Gasteiger partial charge in [-0.2, -0.15) is 13.2 Å². The first-order chi connectivity index (χ1) is 6.38. The molecule has 0 aromatic heterocycles. The lowest BCUT2D eigenvalue weighted by Gasteiger charge is -2.13. The van der Waals surface area contributed by atoms with E-state index in [0.29, 0.717) is 0 Å². The summed E-state index contributed by atoms with van der Waals surface area (Å²) in [5.41, 5.74) is 4.67. The zero-order chi connectivity index (χ0) is 10.9. The summed E-state index contributed by atoms with van der Waals surface area (Å²) in [7, 11) is 0. The maximum absolute atomic E-state index is 12.4. The van der Waals surface area contributed by atoms with E-state index in [1.807, 2.05) is 0 Å². The number of nitrogen functional groups attached to an aromatic ring is 1. The molecule has 1 nitrogen and oxygen atoms in total. The summed E-state index contributed by atoms with van der Waals surface area (Å²) in [6.07, 6.45) is -2.87. The molecule has 0 aliphatic heterocycles. The van der Waals surface area contributed by atoms with E-state index in [0.717, 1.165) is 23.9 Å². The van der Waals surface area contributed by atoms with Crippen LogP contribution < -0.4 is 5.73 Å². The van der Waals surface area contributed by atoms with Gasteiger partial charge in [-0.1, -0.05) is 19.0 Å². The molecular weight excluding hydrogens is 247 g/mol. The number of rotatable bonds is 1. The second-order valence-corrected chi connectivity index (χ2v) is 3.76. The van der Waals surface area contributed by atoms with Crippen LogP contribution in [0.15, 0.2) is 17.0 Å². The third kappa shape index (κ3) is 2.95. The molecule has 15 heavy (non-hydrogen) atoms. The van der Waals surface area contributed by atoms with Crippen molar-refractivity contribution in [1.29, 1.82) is 0 Å². The van der Waals surface area contributed by atoms with E-state index < -0.39 is 11.7 Å². The lowest BCUT2D eigenvalue weighted by atomic mass is 10.2. The van der Waals surface area contributed by atoms with E-state index in [1.165, 1.54) is 6.26 Å². The van der Waals surface area contributed by atoms with Crippen molar-refractivity contribution in [2.45, 2.75) is 18.5 Å². The van der Waals surface area contributed by atoms with Crippen LogP contribution in [0.2, 0.25) is 5.02 Å². The van der Waals surface area contributed by atoms with Gasteiger partial charge < -0.3 is 5.73 Å². The number of anilines is 1. The van der Waals surface area contributed by atoms with Crippen molar-refractivity contribution < 1.29 is 13.2 Å². The fourth-order valence-corrected chi connectivity index (χ4v) is 1.97. The van der Waals surface area contributed by atoms with Gasteiger partial charge >= 0.3 is 6.18 Å². The molecule has 0 bridgehead atoms. The number of halogens is 4. The summed E-state index contributed by atoms with van der Waals surface area (Å²) >= 11 is 6.54. The van der Waals surface area contributed by atoms with E-state index in [4.69, 9.17) is 17.3 Å². The Morgan fingerprint density at radius 1 is 1.33 bits per heavy atom. The Hall–Kier alpha value is -0.550. The molecule has 86 valence electrons. The third-order valence-corrected chi connectivity index (χ3v) is 2.83. The summed E-state index contributed by atoms with van der Waals surface area (Å²) in [6.45, 7) is 0. The van der Waals surface area contributed by atoms with Crippen molar-refractivity contribution in [3.63, 3.8) is 0 Å². The Kier molecular flexibility index (Phi) is 4.80. The number of hydrogen-bond acceptors (Lipinski definition) is 2. The first-order valence-electron chi connectivity index (χ1n) is 3.57. The second kappa shape index (κ2) is 4.99. The molecule has 0 saturated heterocycles. The fraction of sp³-hybridized carbons (Fsp3) is 0.333. The first-order valence-corrected chi connectivity index (χ1v) is 5.17. The van der Waals surface area contributed by atoms with Crippen molar-refractivity contribution >= 4 is 29.1 Å². The van der Waals surface area contributed by atoms with Crippen molar-refractivity contribution in [3.05, 3.63) is 22.7 Å². The van der Waals surface area contributed by atoms with Gasteiger partial charge in [-0.15, -0.1) is 11.8 Å². The van der Waals surface area contributed by atoms with Gasteiger partial charge in [-0.25, -0.2) is 0 Å². The Labute approximate surface area is 95.8 Å². The molecule has 0 heterocycles. The number of nitrogens with two attached hydrogens (primary N) is 1. The van der Waals surface area contributed by atoms with E-state index >= 15 is 0 Å². The lowest BCUT2D eigenvalue weighted by molar-refractivity contribution is -0.139. The van der Waals surface area contributed by atoms with Crippen LogP contribution in [0.5, 0.6) is 0 Å². The number of benzene rings is 1. The average Bonchev–Trinajstić information content (AvgIpc) is 2.07. The molecule has 2 N–H and O–H groups in total. The number of thioether (sulfide) groups is 1. The van der Waals surface area contributed by atoms with Crippen LogP contribution in [0.4, 0.5) is 18.9 Å². The van der Waals surface area contributed by atoms with Gasteiger partial charge in [0.2, 0.25) is 0 Å². The molecule has 0 aliphatic carbocycles. The second-order valence-electron chi connectivity index (χ2n) is 2.54. The van der Waals surface area contributed by atoms with Gasteiger partial charge in [0, 0.05) is 4.90 Å². The molecule has 0 amide bonds. The maximum Gasteiger partial charge on any atom is 0.417 e. The molecule has 0 atom stereocenters. The van der Waals surface area contributed by atoms with Crippen molar-refractivity contribution in [3.8, 4) is 0 Å². The third-order valence-electron chi connectivity index (χ3n) is 1.65. The van der Waals surface area contributed by atoms with Gasteiger partial charge in [0.15, 0.2) is 0 Å². The van der Waals surface area contributed by atoms with Crippen LogP contribution >= 0.6 is 23.4 Å². The van der Waals surface area contributed by atoms with E-state index in [1.54, 1.807) is 0 Å². The Morgan fingerprint density at radius 2 is 1.87 bits per heavy atom. The fourth-order valence-electron chi connectivity index (χ4n) is 1.02. The summed E-state index contributed by atoms with van der Waals surface area (Å²) < 4.78 is 37.3. The average molecular weight is 258 g/mol. The summed E-state index contributed by atoms with van der Waals surface area (Å²) in [5.74, 6) is 0. The molecule has 1 aromatic rings. The van der Waals surface area contributed by atoms with Gasteiger partial charge in [0.25, 0.3) is 0 Å². The van der Waals surface area contributed by atoms with E-state index in [9.17, 15) is 13.2 Å². The van der Waals surface area contributed by atoms with Crippen LogP contribution in [-0.4, -0.2) is 6.26 Å². The Balaban J connectivity index is 0.00000196. The SMILES string of the molecule is C.CSc1c(C(F)(F)F)ccc(Cl)c1N. The molecule has 0 radical (unpaired) electrons. The molecule has 0 spiro atoms. The summed E-state index contributed by atoms with van der Waals surface area (Å²) in [4.78, 5) is -0.0231. The number of hydrogen-bond donors (Lipinski definition) is 1. The van der Waals surface area contributed by atoms with Crippen LogP contribution in [-0.2, 0) is 6.18 Å². The highest BCUT2D eigenvalue weighted by Gasteiger charge is 2.34. The smallest absolute Gasteiger partial charge is 0.397 e. The van der Waals surface area contributed by atoms with Crippen LogP contribution in [0.1, 0.15) is 13.0 Å². The lowest BCUT2D eigenvalue weighted by Crippen LogP contribution is -2.08. The monoisotopic (exact) mass is 257 g/mol. The van der Waals surface area contributed by atoms with Crippen molar-refractivity contribution in [2.24, 2.45) is 0 Å². The largest absolute Gasteiger partial charge is 0.417 e. The highest BCUT2D eigenvalue weighted by molar-refractivity contribution is 7.98. The maximum atomic E-state index is 12.4. The van der Waals surface area contributed by atoms with Crippen LogP contribution in [0.3, 0.4) is 0 Å². The van der Waals surface area contributed by atoms with Gasteiger partial charge in [-0.05, 0) is 18.4 Å². The minimum atomic E-state index is -4.39. The zero-order valence-corrected chi connectivity index (χ0v) is 8.72. The quantitative estimate of drug-likeness (QED) is 0.600. The molecule has 6 heteroatoms. The molecule has 1 rings (SSSR count). The van der Waals surface area contributed by atoms with Gasteiger partial charge in [0.05, 0.1) is 16.3 Å². The molecule has 0 unspecified atom stereocenters. The molecule has 0 fully saturated rings. The Bertz CT molecular complexity index is 352. The highest BCUT2D eigenvalue weighted by Crippen LogP contribution is 2.41. The van der Waals surface area contributed by atoms with Gasteiger partial charge in [-0.3, -0.25) is 0 Å². The van der Waals surface area contributed by atoms with Crippen LogP contribution in [0, 0.1) is 0 Å². The van der Waals surface area contributed by atoms with Gasteiger partial charge in [0.1, 0.15) is 0 Å². The highest BCUT2D eigenvalue weighted by atomic mass is 35.5. The normalized spacial score (nSPS) is 11.0. The minimum absolute atomic E-state index is 0. The Morgan fingerprint density at radius 3 is 2.27 bits per heavy atom. The number of alkyl halides is 3. The minimum Gasteiger partial charge on any atom is -0.397 e. The molecule has 1 aromatic carbocycles. The zero-order valence-electron chi connectivity index (χ0n) is 7.15. The van der Waals surface area contributed by atoms with Crippen LogP contribution in [0.25, 0.3) is 0 Å². The first kappa shape index (κ1) is 14.5. The standard InChI is InChI=1S/C8H7ClF3NS.CH4/c1-14-7-4(8(10,11)12)2-3-5(9)6(7)13;/h2-3H,13H2,1H3;1H4. The van der Waals surface area contributed by atoms with Crippen molar-refractivity contribution in [1.82, 2.24) is 0 Å². The van der Waals surface area contributed by atoms with Crippen molar-refractivity contribution in [2.75, 3.05) is 12.0 Å². The van der Waals surface area contributed by atoms with E-state index in [2.05, 4.69) is 0 Å². The predicted molar refractivity (Wildman–Crippen MR) is 59.4 cm³/mol. The predicted octanol–water partition coefficient (Wildman–Crippen LogP) is 4.30. The van der Waals surface area contributed by atoms with E-state index in [-0.39, 0.29) is 23.0 Å². The molecular formula is C9H11ClF3NS. The molecule has 0 saturated carbocycles.